The van der Waals surface area contributed by atoms with Crippen molar-refractivity contribution in [3.05, 3.63) is 35.6 Å². The van der Waals surface area contributed by atoms with Crippen LogP contribution in [0.2, 0.25) is 0 Å². The number of rotatable bonds is 4. The maximum absolute atomic E-state index is 13.8. The molecule has 1 aromatic carbocycles. The molecule has 0 saturated carbocycles. The number of carbonyl (C=O) groups excluding carboxylic acids is 1. The van der Waals surface area contributed by atoms with Crippen molar-refractivity contribution in [2.75, 3.05) is 33.3 Å². The minimum atomic E-state index is -0.331. The Morgan fingerprint density at radius 2 is 2.17 bits per heavy atom. The molecule has 1 amide bonds. The average molecular weight is 414 g/mol. The maximum Gasteiger partial charge on any atom is 0.409 e. The molecule has 1 unspecified atom stereocenters. The maximum atomic E-state index is 13.8. The molecule has 2 aromatic heterocycles. The van der Waals surface area contributed by atoms with Crippen LogP contribution in [0.4, 0.5) is 9.18 Å². The van der Waals surface area contributed by atoms with Gasteiger partial charge in [0.15, 0.2) is 0 Å². The minimum Gasteiger partial charge on any atom is -0.453 e. The highest BCUT2D eigenvalue weighted by Crippen LogP contribution is 2.31. The number of benzene rings is 1. The lowest BCUT2D eigenvalue weighted by molar-refractivity contribution is 0.0758. The number of carbonyl (C=O) groups is 1. The van der Waals surface area contributed by atoms with Crippen LogP contribution in [0, 0.1) is 5.82 Å². The molecule has 2 saturated heterocycles. The number of halogens is 1. The number of ether oxygens (including phenoxy) is 1. The lowest BCUT2D eigenvalue weighted by Crippen LogP contribution is -2.51. The van der Waals surface area contributed by atoms with Crippen LogP contribution in [0.3, 0.4) is 0 Å². The van der Waals surface area contributed by atoms with Crippen LogP contribution < -0.4 is 0 Å². The molecule has 2 aliphatic heterocycles. The van der Waals surface area contributed by atoms with E-state index in [-0.39, 0.29) is 17.8 Å². The van der Waals surface area contributed by atoms with E-state index in [1.807, 2.05) is 6.92 Å². The summed E-state index contributed by atoms with van der Waals surface area (Å²) < 4.78 is 25.6. The van der Waals surface area contributed by atoms with Gasteiger partial charge in [-0.3, -0.25) is 4.90 Å². The van der Waals surface area contributed by atoms with Crippen molar-refractivity contribution in [2.24, 2.45) is 0 Å². The van der Waals surface area contributed by atoms with E-state index in [1.165, 1.54) is 19.2 Å². The summed E-state index contributed by atoms with van der Waals surface area (Å²) in [5.41, 5.74) is 1.49. The lowest BCUT2D eigenvalue weighted by Gasteiger charge is -2.41. The van der Waals surface area contributed by atoms with E-state index < -0.39 is 0 Å². The van der Waals surface area contributed by atoms with Gasteiger partial charge in [-0.05, 0) is 30.1 Å². The Kier molecular flexibility index (Phi) is 4.65. The summed E-state index contributed by atoms with van der Waals surface area (Å²) in [7, 11) is 1.41. The largest absolute Gasteiger partial charge is 0.453 e. The van der Waals surface area contributed by atoms with Gasteiger partial charge < -0.3 is 14.2 Å². The zero-order valence-corrected chi connectivity index (χ0v) is 16.9. The number of aromatic nitrogens is 4. The van der Waals surface area contributed by atoms with E-state index in [1.54, 1.807) is 15.6 Å². The van der Waals surface area contributed by atoms with Gasteiger partial charge >= 0.3 is 6.09 Å². The Morgan fingerprint density at radius 1 is 1.33 bits per heavy atom. The van der Waals surface area contributed by atoms with Crippen molar-refractivity contribution in [2.45, 2.75) is 31.7 Å². The van der Waals surface area contributed by atoms with Gasteiger partial charge in [-0.15, -0.1) is 0 Å². The molecule has 1 atom stereocenters. The van der Waals surface area contributed by atoms with Gasteiger partial charge in [0, 0.05) is 43.7 Å². The Hall–Kier alpha value is -3.01. The molecule has 10 heteroatoms. The second kappa shape index (κ2) is 7.35. The standard InChI is InChI=1S/C20H23FN6O3/c1-3-16-15-5-4-13(21)8-17(15)27(23-16)19-22-18(30-24-19)12-9-26(10-12)14-6-7-25(11-14)20(28)29-2/h4-5,8,12,14H,3,6-7,9-11H2,1-2H3. The number of nitrogens with zero attached hydrogens (tertiary/aromatic N) is 6. The number of aryl methyl sites for hydroxylation is 1. The summed E-state index contributed by atoms with van der Waals surface area (Å²) in [6.07, 6.45) is 1.38. The van der Waals surface area contributed by atoms with Gasteiger partial charge in [-0.2, -0.15) is 14.8 Å². The highest BCUT2D eigenvalue weighted by molar-refractivity contribution is 5.83. The van der Waals surface area contributed by atoms with Gasteiger partial charge in [0.1, 0.15) is 5.82 Å². The van der Waals surface area contributed by atoms with Crippen LogP contribution in [0.15, 0.2) is 22.7 Å². The predicted molar refractivity (Wildman–Crippen MR) is 105 cm³/mol. The zero-order chi connectivity index (χ0) is 20.8. The Morgan fingerprint density at radius 3 is 2.93 bits per heavy atom. The Bertz CT molecular complexity index is 1090. The molecule has 2 fully saturated rings. The molecule has 0 aliphatic carbocycles. The molecule has 0 spiro atoms. The first-order chi connectivity index (χ1) is 14.6. The van der Waals surface area contributed by atoms with Crippen LogP contribution in [0.25, 0.3) is 16.9 Å². The molecule has 5 rings (SSSR count). The first-order valence-electron chi connectivity index (χ1n) is 10.2. The fourth-order valence-corrected chi connectivity index (χ4v) is 4.35. The average Bonchev–Trinajstić information content (AvgIpc) is 3.44. The zero-order valence-electron chi connectivity index (χ0n) is 16.9. The smallest absolute Gasteiger partial charge is 0.409 e. The van der Waals surface area contributed by atoms with E-state index in [9.17, 15) is 9.18 Å². The highest BCUT2D eigenvalue weighted by Gasteiger charge is 2.40. The van der Waals surface area contributed by atoms with Gasteiger partial charge in [0.05, 0.1) is 24.2 Å². The summed E-state index contributed by atoms with van der Waals surface area (Å²) >= 11 is 0. The third-order valence-electron chi connectivity index (χ3n) is 6.05. The minimum absolute atomic E-state index is 0.141. The second-order valence-corrected chi connectivity index (χ2v) is 7.82. The van der Waals surface area contributed by atoms with Crippen molar-refractivity contribution in [3.8, 4) is 5.95 Å². The number of likely N-dealkylation sites (tertiary alicyclic amines) is 2. The third kappa shape index (κ3) is 3.11. The van der Waals surface area contributed by atoms with Crippen molar-refractivity contribution in [1.29, 1.82) is 0 Å². The molecule has 4 heterocycles. The van der Waals surface area contributed by atoms with Gasteiger partial charge in [0.2, 0.25) is 5.89 Å². The number of hydrogen-bond donors (Lipinski definition) is 0. The van der Waals surface area contributed by atoms with E-state index in [2.05, 4.69) is 20.1 Å². The Labute approximate surface area is 172 Å². The van der Waals surface area contributed by atoms with Gasteiger partial charge in [0.25, 0.3) is 5.95 Å². The molecule has 0 bridgehead atoms. The van der Waals surface area contributed by atoms with Gasteiger partial charge in [-0.1, -0.05) is 6.92 Å². The first kappa shape index (κ1) is 19.0. The first-order valence-corrected chi connectivity index (χ1v) is 10.2. The number of hydrogen-bond acceptors (Lipinski definition) is 7. The van der Waals surface area contributed by atoms with Crippen molar-refractivity contribution >= 4 is 17.0 Å². The molecular formula is C20H23FN6O3. The van der Waals surface area contributed by atoms with E-state index in [0.717, 1.165) is 37.0 Å². The molecule has 0 radical (unpaired) electrons. The normalized spacial score (nSPS) is 20.1. The number of fused-ring (bicyclic) bond motifs is 1. The molecule has 158 valence electrons. The molecular weight excluding hydrogens is 391 g/mol. The van der Waals surface area contributed by atoms with Crippen molar-refractivity contribution in [1.82, 2.24) is 29.7 Å². The van der Waals surface area contributed by atoms with Crippen LogP contribution in [0.1, 0.15) is 30.8 Å². The van der Waals surface area contributed by atoms with Gasteiger partial charge in [-0.25, -0.2) is 9.18 Å². The SMILES string of the molecule is CCc1nn(-c2noc(C3CN(C4CCN(C(=O)OC)C4)C3)n2)c2cc(F)ccc12. The number of methoxy groups -OCH3 is 1. The monoisotopic (exact) mass is 414 g/mol. The third-order valence-corrected chi connectivity index (χ3v) is 6.05. The molecule has 9 nitrogen and oxygen atoms in total. The molecule has 2 aliphatic rings. The fraction of sp³-hybridized carbons (Fsp3) is 0.500. The Balaban J connectivity index is 1.29. The second-order valence-electron chi connectivity index (χ2n) is 7.82. The quantitative estimate of drug-likeness (QED) is 0.647. The van der Waals surface area contributed by atoms with Crippen LogP contribution in [-0.4, -0.2) is 75.1 Å². The molecule has 3 aromatic rings. The van der Waals surface area contributed by atoms with E-state index >= 15 is 0 Å². The number of amides is 1. The topological polar surface area (TPSA) is 89.5 Å². The summed E-state index contributed by atoms with van der Waals surface area (Å²) in [6, 6.07) is 4.93. The molecule has 30 heavy (non-hydrogen) atoms. The summed E-state index contributed by atoms with van der Waals surface area (Å²) in [5, 5.41) is 9.53. The summed E-state index contributed by atoms with van der Waals surface area (Å²) in [5.74, 6) is 0.684. The van der Waals surface area contributed by atoms with E-state index in [0.29, 0.717) is 36.5 Å². The molecule has 0 N–H and O–H groups in total. The van der Waals surface area contributed by atoms with Crippen molar-refractivity contribution in [3.63, 3.8) is 0 Å². The summed E-state index contributed by atoms with van der Waals surface area (Å²) in [6.45, 7) is 5.00. The van der Waals surface area contributed by atoms with Crippen LogP contribution in [-0.2, 0) is 11.2 Å². The summed E-state index contributed by atoms with van der Waals surface area (Å²) in [4.78, 5) is 20.3. The predicted octanol–water partition coefficient (Wildman–Crippen LogP) is 2.35. The highest BCUT2D eigenvalue weighted by atomic mass is 19.1. The van der Waals surface area contributed by atoms with Crippen LogP contribution >= 0.6 is 0 Å². The van der Waals surface area contributed by atoms with Crippen molar-refractivity contribution < 1.29 is 18.4 Å². The lowest BCUT2D eigenvalue weighted by atomic mass is 9.97. The van der Waals surface area contributed by atoms with E-state index in [4.69, 9.17) is 9.26 Å². The fourth-order valence-electron chi connectivity index (χ4n) is 4.35. The van der Waals surface area contributed by atoms with Crippen LogP contribution in [0.5, 0.6) is 0 Å².